The first kappa shape index (κ1) is 14.4. The summed E-state index contributed by atoms with van der Waals surface area (Å²) < 4.78 is 5.70. The minimum Gasteiger partial charge on any atom is -0.494 e. The summed E-state index contributed by atoms with van der Waals surface area (Å²) in [6, 6.07) is 9.65. The van der Waals surface area contributed by atoms with E-state index in [-0.39, 0.29) is 0 Å². The van der Waals surface area contributed by atoms with Gasteiger partial charge in [-0.3, -0.25) is 4.90 Å². The zero-order valence-electron chi connectivity index (χ0n) is 12.4. The van der Waals surface area contributed by atoms with E-state index in [0.717, 1.165) is 38.4 Å². The van der Waals surface area contributed by atoms with E-state index in [1.807, 2.05) is 6.07 Å². The second-order valence-corrected chi connectivity index (χ2v) is 5.66. The number of nitrogens with one attached hydrogen (secondary N) is 1. The van der Waals surface area contributed by atoms with Crippen molar-refractivity contribution in [3.8, 4) is 5.75 Å². The summed E-state index contributed by atoms with van der Waals surface area (Å²) in [4.78, 5) is 2.52. The lowest BCUT2D eigenvalue weighted by molar-refractivity contribution is 0.166. The molecule has 0 amide bonds. The molecule has 19 heavy (non-hydrogen) atoms. The van der Waals surface area contributed by atoms with Crippen molar-refractivity contribution in [1.29, 1.82) is 0 Å². The van der Waals surface area contributed by atoms with Crippen LogP contribution in [0, 0.1) is 0 Å². The van der Waals surface area contributed by atoms with Crippen molar-refractivity contribution in [1.82, 2.24) is 10.2 Å². The number of rotatable bonds is 5. The fraction of sp³-hybridized carbons (Fsp3) is 0.625. The highest BCUT2D eigenvalue weighted by Gasteiger charge is 2.20. The van der Waals surface area contributed by atoms with Crippen molar-refractivity contribution in [3.05, 3.63) is 29.8 Å². The first-order chi connectivity index (χ1) is 9.17. The minimum absolute atomic E-state index is 0.572. The van der Waals surface area contributed by atoms with E-state index in [4.69, 9.17) is 4.74 Å². The number of ether oxygens (including phenoxy) is 1. The van der Waals surface area contributed by atoms with Gasteiger partial charge < -0.3 is 10.1 Å². The van der Waals surface area contributed by atoms with Gasteiger partial charge in [-0.1, -0.05) is 19.1 Å². The summed E-state index contributed by atoms with van der Waals surface area (Å²) in [5.74, 6) is 0.996. The fourth-order valence-corrected chi connectivity index (χ4v) is 2.78. The van der Waals surface area contributed by atoms with Gasteiger partial charge in [0.2, 0.25) is 0 Å². The zero-order valence-corrected chi connectivity index (χ0v) is 12.4. The van der Waals surface area contributed by atoms with Gasteiger partial charge in [-0.25, -0.2) is 0 Å². The third-order valence-corrected chi connectivity index (χ3v) is 3.41. The second-order valence-electron chi connectivity index (χ2n) is 5.66. The number of hydrogen-bond acceptors (Lipinski definition) is 3. The molecule has 0 aromatic heterocycles. The van der Waals surface area contributed by atoms with E-state index in [0.29, 0.717) is 12.1 Å². The molecule has 1 aromatic rings. The van der Waals surface area contributed by atoms with Crippen LogP contribution < -0.4 is 10.1 Å². The molecule has 2 atom stereocenters. The summed E-state index contributed by atoms with van der Waals surface area (Å²) in [6.45, 7) is 10.7. The molecule has 2 unspecified atom stereocenters. The molecular weight excluding hydrogens is 236 g/mol. The molecule has 1 aliphatic rings. The van der Waals surface area contributed by atoms with Gasteiger partial charge in [0.15, 0.2) is 0 Å². The summed E-state index contributed by atoms with van der Waals surface area (Å²) in [5, 5.41) is 3.57. The average Bonchev–Trinajstić information content (AvgIpc) is 2.35. The Morgan fingerprint density at radius 3 is 2.68 bits per heavy atom. The Balaban J connectivity index is 1.94. The first-order valence-corrected chi connectivity index (χ1v) is 7.37. The third kappa shape index (κ3) is 4.51. The SMILES string of the molecule is CCCOc1cccc(CN2CC(C)NC(C)C2)c1. The van der Waals surface area contributed by atoms with Gasteiger partial charge in [0.1, 0.15) is 5.75 Å². The lowest BCUT2D eigenvalue weighted by atomic mass is 10.1. The molecule has 3 heteroatoms. The van der Waals surface area contributed by atoms with Crippen molar-refractivity contribution in [2.24, 2.45) is 0 Å². The molecule has 0 aliphatic carbocycles. The lowest BCUT2D eigenvalue weighted by Gasteiger charge is -2.36. The van der Waals surface area contributed by atoms with E-state index in [9.17, 15) is 0 Å². The van der Waals surface area contributed by atoms with Crippen LogP contribution in [-0.2, 0) is 6.54 Å². The summed E-state index contributed by atoms with van der Waals surface area (Å²) in [7, 11) is 0. The highest BCUT2D eigenvalue weighted by molar-refractivity contribution is 5.28. The Hall–Kier alpha value is -1.06. The van der Waals surface area contributed by atoms with Crippen molar-refractivity contribution in [2.45, 2.75) is 45.8 Å². The smallest absolute Gasteiger partial charge is 0.119 e. The van der Waals surface area contributed by atoms with Crippen molar-refractivity contribution in [2.75, 3.05) is 19.7 Å². The molecule has 1 aliphatic heterocycles. The van der Waals surface area contributed by atoms with Crippen LogP contribution in [0.4, 0.5) is 0 Å². The maximum atomic E-state index is 5.70. The molecule has 106 valence electrons. The Labute approximate surface area is 116 Å². The maximum Gasteiger partial charge on any atom is 0.119 e. The Bertz CT molecular complexity index is 384. The Morgan fingerprint density at radius 2 is 2.00 bits per heavy atom. The van der Waals surface area contributed by atoms with Crippen LogP contribution in [0.3, 0.4) is 0 Å². The van der Waals surface area contributed by atoms with E-state index < -0.39 is 0 Å². The van der Waals surface area contributed by atoms with Crippen molar-refractivity contribution >= 4 is 0 Å². The third-order valence-electron chi connectivity index (χ3n) is 3.41. The molecule has 1 aromatic carbocycles. The lowest BCUT2D eigenvalue weighted by Crippen LogP contribution is -2.53. The normalized spacial score (nSPS) is 24.4. The molecule has 0 bridgehead atoms. The summed E-state index contributed by atoms with van der Waals surface area (Å²) >= 11 is 0. The number of hydrogen-bond donors (Lipinski definition) is 1. The summed E-state index contributed by atoms with van der Waals surface area (Å²) in [5.41, 5.74) is 1.34. The molecule has 0 spiro atoms. The quantitative estimate of drug-likeness (QED) is 0.883. The number of piperazine rings is 1. The van der Waals surface area contributed by atoms with Gasteiger partial charge in [0.25, 0.3) is 0 Å². The fourth-order valence-electron chi connectivity index (χ4n) is 2.78. The molecule has 3 nitrogen and oxygen atoms in total. The highest BCUT2D eigenvalue weighted by atomic mass is 16.5. The largest absolute Gasteiger partial charge is 0.494 e. The van der Waals surface area contributed by atoms with Crippen LogP contribution in [0.15, 0.2) is 24.3 Å². The standard InChI is InChI=1S/C16H26N2O/c1-4-8-19-16-7-5-6-15(9-16)12-18-10-13(2)17-14(3)11-18/h5-7,9,13-14,17H,4,8,10-12H2,1-3H3. The molecule has 2 rings (SSSR count). The van der Waals surface area contributed by atoms with Crippen LogP contribution in [0.25, 0.3) is 0 Å². The molecule has 1 N–H and O–H groups in total. The van der Waals surface area contributed by atoms with E-state index in [1.165, 1.54) is 5.56 Å². The molecule has 1 heterocycles. The van der Waals surface area contributed by atoms with Gasteiger partial charge in [0, 0.05) is 31.7 Å². The molecule has 1 saturated heterocycles. The Morgan fingerprint density at radius 1 is 1.26 bits per heavy atom. The second kappa shape index (κ2) is 6.92. The van der Waals surface area contributed by atoms with Gasteiger partial charge in [-0.15, -0.1) is 0 Å². The molecular formula is C16H26N2O. The predicted molar refractivity (Wildman–Crippen MR) is 79.6 cm³/mol. The van der Waals surface area contributed by atoms with Crippen LogP contribution in [-0.4, -0.2) is 36.7 Å². The maximum absolute atomic E-state index is 5.70. The van der Waals surface area contributed by atoms with E-state index >= 15 is 0 Å². The van der Waals surface area contributed by atoms with Crippen LogP contribution in [0.1, 0.15) is 32.8 Å². The molecule has 1 fully saturated rings. The van der Waals surface area contributed by atoms with Crippen LogP contribution in [0.2, 0.25) is 0 Å². The highest BCUT2D eigenvalue weighted by Crippen LogP contribution is 2.16. The van der Waals surface area contributed by atoms with Gasteiger partial charge in [-0.05, 0) is 38.0 Å². The molecule has 0 saturated carbocycles. The average molecular weight is 262 g/mol. The van der Waals surface area contributed by atoms with Gasteiger partial charge in [-0.2, -0.15) is 0 Å². The van der Waals surface area contributed by atoms with E-state index in [1.54, 1.807) is 0 Å². The summed E-state index contributed by atoms with van der Waals surface area (Å²) in [6.07, 6.45) is 1.05. The van der Waals surface area contributed by atoms with Crippen molar-refractivity contribution < 1.29 is 4.74 Å². The zero-order chi connectivity index (χ0) is 13.7. The van der Waals surface area contributed by atoms with Crippen molar-refractivity contribution in [3.63, 3.8) is 0 Å². The van der Waals surface area contributed by atoms with Gasteiger partial charge >= 0.3 is 0 Å². The number of benzene rings is 1. The Kier molecular flexibility index (Phi) is 5.23. The van der Waals surface area contributed by atoms with Gasteiger partial charge in [0.05, 0.1) is 6.61 Å². The molecule has 0 radical (unpaired) electrons. The monoisotopic (exact) mass is 262 g/mol. The number of nitrogens with zero attached hydrogens (tertiary/aromatic N) is 1. The predicted octanol–water partition coefficient (Wildman–Crippen LogP) is 2.66. The first-order valence-electron chi connectivity index (χ1n) is 7.37. The van der Waals surface area contributed by atoms with E-state index in [2.05, 4.69) is 49.2 Å². The van der Waals surface area contributed by atoms with Crippen LogP contribution >= 0.6 is 0 Å². The topological polar surface area (TPSA) is 24.5 Å². The van der Waals surface area contributed by atoms with Crippen LogP contribution in [0.5, 0.6) is 5.75 Å². The minimum atomic E-state index is 0.572.